The van der Waals surface area contributed by atoms with E-state index in [1.165, 1.54) is 0 Å². The van der Waals surface area contributed by atoms with Gasteiger partial charge >= 0.3 is 0 Å². The molecule has 0 saturated heterocycles. The number of nitrogens with zero attached hydrogens (tertiary/aromatic N) is 2. The smallest absolute Gasteiger partial charge is 0.265 e. The van der Waals surface area contributed by atoms with Crippen LogP contribution in [0.4, 0.5) is 5.82 Å². The van der Waals surface area contributed by atoms with E-state index in [1.807, 2.05) is 61.5 Å². The summed E-state index contributed by atoms with van der Waals surface area (Å²) in [7, 11) is -3.73. The van der Waals surface area contributed by atoms with E-state index < -0.39 is 21.2 Å². The fourth-order valence-electron chi connectivity index (χ4n) is 5.10. The number of hydrogen-bond acceptors (Lipinski definition) is 6. The predicted molar refractivity (Wildman–Crippen MR) is 170 cm³/mol. The zero-order chi connectivity index (χ0) is 30.4. The molecule has 1 aromatic heterocycles. The maximum Gasteiger partial charge on any atom is 0.265 e. The Morgan fingerprint density at radius 3 is 2.23 bits per heavy atom. The van der Waals surface area contributed by atoms with E-state index in [0.29, 0.717) is 42.9 Å². The van der Waals surface area contributed by atoms with Gasteiger partial charge in [-0.3, -0.25) is 9.59 Å². The number of Topliss-reactive ketones (excluding diaryl/α,β-unsaturated/α-hetero) is 1. The number of sulfonamides is 1. The van der Waals surface area contributed by atoms with Gasteiger partial charge in [0.25, 0.3) is 5.91 Å². The number of hydrogen-bond donors (Lipinski definition) is 1. The van der Waals surface area contributed by atoms with E-state index in [-0.39, 0.29) is 17.8 Å². The number of aryl methyl sites for hydroxylation is 1. The van der Waals surface area contributed by atoms with Crippen molar-refractivity contribution in [3.8, 4) is 11.3 Å². The maximum atomic E-state index is 13.3. The zero-order valence-electron chi connectivity index (χ0n) is 24.6. The van der Waals surface area contributed by atoms with Gasteiger partial charge in [0.15, 0.2) is 0 Å². The Labute approximate surface area is 254 Å². The first kappa shape index (κ1) is 30.2. The number of ketones is 1. The first-order valence-electron chi connectivity index (χ1n) is 14.7. The molecule has 5 rings (SSSR count). The monoisotopic (exact) mass is 595 g/mol. The van der Waals surface area contributed by atoms with Crippen LogP contribution in [0.1, 0.15) is 58.8 Å². The van der Waals surface area contributed by atoms with Crippen molar-refractivity contribution in [1.82, 2.24) is 9.71 Å². The first-order chi connectivity index (χ1) is 20.7. The normalized spacial score (nSPS) is 13.0. The zero-order valence-corrected chi connectivity index (χ0v) is 25.4. The highest BCUT2D eigenvalue weighted by atomic mass is 32.2. The topological polar surface area (TPSA) is 96.4 Å². The van der Waals surface area contributed by atoms with Crippen LogP contribution in [0.3, 0.4) is 0 Å². The van der Waals surface area contributed by atoms with Crippen LogP contribution in [0.15, 0.2) is 91.0 Å². The summed E-state index contributed by atoms with van der Waals surface area (Å²) in [5, 5.41) is -0.517. The third kappa shape index (κ3) is 7.96. The highest BCUT2D eigenvalue weighted by molar-refractivity contribution is 7.91. The molecule has 3 aromatic carbocycles. The molecule has 4 aromatic rings. The van der Waals surface area contributed by atoms with Gasteiger partial charge in [0.05, 0.1) is 10.9 Å². The van der Waals surface area contributed by atoms with Gasteiger partial charge in [-0.05, 0) is 61.1 Å². The van der Waals surface area contributed by atoms with Gasteiger partial charge < -0.3 is 4.90 Å². The minimum atomic E-state index is -3.73. The molecule has 0 spiro atoms. The lowest BCUT2D eigenvalue weighted by atomic mass is 9.98. The standard InChI is InChI=1S/C35H37N3O4S/c1-3-19-38(24-27-9-5-4-6-10-27)34-23-28(21-29(39)20-26-15-13-25(2)14-16-26)22-33(36-34)31-11-7-8-12-32(31)35(40)37-43(41,42)30-17-18-30/h4-16,22-23,30H,3,17-21,24H2,1-2H3,(H,37,40). The molecule has 0 radical (unpaired) electrons. The molecule has 1 N–H and O–H groups in total. The number of amides is 1. The highest BCUT2D eigenvalue weighted by Crippen LogP contribution is 2.30. The van der Waals surface area contributed by atoms with Crippen LogP contribution >= 0.6 is 0 Å². The second-order valence-electron chi connectivity index (χ2n) is 11.2. The first-order valence-corrected chi connectivity index (χ1v) is 16.3. The summed E-state index contributed by atoms with van der Waals surface area (Å²) >= 11 is 0. The van der Waals surface area contributed by atoms with Gasteiger partial charge in [-0.2, -0.15) is 0 Å². The van der Waals surface area contributed by atoms with Crippen molar-refractivity contribution in [1.29, 1.82) is 0 Å². The van der Waals surface area contributed by atoms with Gasteiger partial charge in [0.1, 0.15) is 11.6 Å². The molecular weight excluding hydrogens is 558 g/mol. The van der Waals surface area contributed by atoms with Crippen molar-refractivity contribution < 1.29 is 18.0 Å². The number of benzene rings is 3. The van der Waals surface area contributed by atoms with Gasteiger partial charge in [0, 0.05) is 37.1 Å². The SMILES string of the molecule is CCCN(Cc1ccccc1)c1cc(CC(=O)Cc2ccc(C)cc2)cc(-c2ccccc2C(=O)NS(=O)(=O)C2CC2)n1. The molecule has 1 aliphatic rings. The summed E-state index contributed by atoms with van der Waals surface area (Å²) in [6.07, 6.45) is 2.52. The van der Waals surface area contributed by atoms with Crippen LogP contribution < -0.4 is 9.62 Å². The van der Waals surface area contributed by atoms with E-state index in [2.05, 4.69) is 28.7 Å². The average molecular weight is 596 g/mol. The van der Waals surface area contributed by atoms with E-state index in [9.17, 15) is 18.0 Å². The van der Waals surface area contributed by atoms with Crippen molar-refractivity contribution in [3.63, 3.8) is 0 Å². The second-order valence-corrected chi connectivity index (χ2v) is 13.2. The minimum absolute atomic E-state index is 0.0682. The van der Waals surface area contributed by atoms with Crippen LogP contribution in [0, 0.1) is 6.92 Å². The number of anilines is 1. The number of carbonyl (C=O) groups excluding carboxylic acids is 2. The van der Waals surface area contributed by atoms with Crippen molar-refractivity contribution in [2.24, 2.45) is 0 Å². The largest absolute Gasteiger partial charge is 0.352 e. The maximum absolute atomic E-state index is 13.3. The Bertz CT molecular complexity index is 1700. The lowest BCUT2D eigenvalue weighted by molar-refractivity contribution is -0.117. The number of nitrogens with one attached hydrogen (secondary N) is 1. The Kier molecular flexibility index (Phi) is 9.36. The van der Waals surface area contributed by atoms with Gasteiger partial charge in [-0.15, -0.1) is 0 Å². The number of aromatic nitrogens is 1. The van der Waals surface area contributed by atoms with Gasteiger partial charge in [-0.25, -0.2) is 18.1 Å². The third-order valence-electron chi connectivity index (χ3n) is 7.47. The molecule has 1 saturated carbocycles. The molecule has 1 amide bonds. The number of pyridine rings is 1. The molecule has 1 aliphatic carbocycles. The summed E-state index contributed by atoms with van der Waals surface area (Å²) in [6, 6.07) is 28.8. The van der Waals surface area contributed by atoms with Crippen LogP contribution in [0.2, 0.25) is 0 Å². The van der Waals surface area contributed by atoms with Gasteiger partial charge in [0.2, 0.25) is 10.0 Å². The average Bonchev–Trinajstić information content (AvgIpc) is 3.85. The van der Waals surface area contributed by atoms with Crippen LogP contribution in [-0.4, -0.2) is 36.9 Å². The van der Waals surface area contributed by atoms with Crippen molar-refractivity contribution in [2.75, 3.05) is 11.4 Å². The molecule has 0 bridgehead atoms. The van der Waals surface area contributed by atoms with Crippen molar-refractivity contribution >= 4 is 27.5 Å². The summed E-state index contributed by atoms with van der Waals surface area (Å²) in [5.74, 6) is 0.0853. The predicted octanol–water partition coefficient (Wildman–Crippen LogP) is 6.05. The third-order valence-corrected chi connectivity index (χ3v) is 9.29. The summed E-state index contributed by atoms with van der Waals surface area (Å²) < 4.78 is 27.4. The fraction of sp³-hybridized carbons (Fsp3) is 0.286. The molecule has 8 heteroatoms. The minimum Gasteiger partial charge on any atom is -0.352 e. The lowest BCUT2D eigenvalue weighted by Crippen LogP contribution is -2.33. The Hall–Kier alpha value is -4.30. The lowest BCUT2D eigenvalue weighted by Gasteiger charge is -2.25. The quantitative estimate of drug-likeness (QED) is 0.202. The van der Waals surface area contributed by atoms with Crippen molar-refractivity contribution in [3.05, 3.63) is 119 Å². The second kappa shape index (κ2) is 13.3. The van der Waals surface area contributed by atoms with Crippen molar-refractivity contribution in [2.45, 2.75) is 57.7 Å². The van der Waals surface area contributed by atoms with E-state index >= 15 is 0 Å². The van der Waals surface area contributed by atoms with Gasteiger partial charge in [-0.1, -0.05) is 85.3 Å². The van der Waals surface area contributed by atoms with Crippen LogP contribution in [0.5, 0.6) is 0 Å². The molecule has 0 aliphatic heterocycles. The van der Waals surface area contributed by atoms with E-state index in [1.54, 1.807) is 24.3 Å². The molecule has 7 nitrogen and oxygen atoms in total. The van der Waals surface area contributed by atoms with E-state index in [0.717, 1.165) is 35.2 Å². The molecule has 43 heavy (non-hydrogen) atoms. The Morgan fingerprint density at radius 1 is 0.860 bits per heavy atom. The Balaban J connectivity index is 1.52. The fourth-order valence-corrected chi connectivity index (χ4v) is 6.39. The van der Waals surface area contributed by atoms with Crippen LogP contribution in [-0.2, 0) is 34.2 Å². The van der Waals surface area contributed by atoms with Crippen LogP contribution in [0.25, 0.3) is 11.3 Å². The summed E-state index contributed by atoms with van der Waals surface area (Å²) in [4.78, 5) is 33.7. The molecule has 0 unspecified atom stereocenters. The molecule has 1 fully saturated rings. The summed E-state index contributed by atoms with van der Waals surface area (Å²) in [6.45, 7) is 5.49. The molecule has 0 atom stereocenters. The summed E-state index contributed by atoms with van der Waals surface area (Å²) in [5.41, 5.74) is 5.26. The molecule has 222 valence electrons. The number of carbonyl (C=O) groups is 2. The Morgan fingerprint density at radius 2 is 1.53 bits per heavy atom. The molecular formula is C35H37N3O4S. The van der Waals surface area contributed by atoms with E-state index in [4.69, 9.17) is 4.98 Å². The molecule has 1 heterocycles. The number of rotatable bonds is 13. The highest BCUT2D eigenvalue weighted by Gasteiger charge is 2.37.